The molecule has 1 aromatic rings. The molecule has 0 amide bonds. The van der Waals surface area contributed by atoms with Crippen molar-refractivity contribution in [3.8, 4) is 5.75 Å². The minimum Gasteiger partial charge on any atom is -0.497 e. The van der Waals surface area contributed by atoms with Crippen LogP contribution in [0.15, 0.2) is 45.3 Å². The SMILES string of the molecule is COc1ccc([C@@H]2NC(=S)NC3=C2CCCC3=C2SCCCS2)cc1. The number of methoxy groups -OCH3 is 1. The van der Waals surface area contributed by atoms with Gasteiger partial charge >= 0.3 is 0 Å². The quantitative estimate of drug-likeness (QED) is 0.710. The molecule has 1 atom stereocenters. The van der Waals surface area contributed by atoms with Gasteiger partial charge in [0, 0.05) is 9.93 Å². The van der Waals surface area contributed by atoms with Crippen molar-refractivity contribution in [2.24, 2.45) is 0 Å². The van der Waals surface area contributed by atoms with Crippen molar-refractivity contribution in [1.29, 1.82) is 0 Å². The smallest absolute Gasteiger partial charge is 0.171 e. The van der Waals surface area contributed by atoms with Crippen LogP contribution in [0.3, 0.4) is 0 Å². The fourth-order valence-electron chi connectivity index (χ4n) is 3.60. The average molecular weight is 391 g/mol. The third-order valence-electron chi connectivity index (χ3n) is 4.81. The molecule has 0 aromatic heterocycles. The van der Waals surface area contributed by atoms with E-state index in [1.165, 1.54) is 51.0 Å². The lowest BCUT2D eigenvalue weighted by molar-refractivity contribution is 0.414. The molecule has 1 fully saturated rings. The molecule has 0 unspecified atom stereocenters. The van der Waals surface area contributed by atoms with E-state index in [9.17, 15) is 0 Å². The van der Waals surface area contributed by atoms with Crippen molar-refractivity contribution in [1.82, 2.24) is 10.6 Å². The summed E-state index contributed by atoms with van der Waals surface area (Å²) in [5.41, 5.74) is 5.46. The van der Waals surface area contributed by atoms with Crippen molar-refractivity contribution in [2.75, 3.05) is 18.6 Å². The standard InChI is InChI=1S/C19H22N2OS3/c1-22-13-8-6-12(7-9-13)16-14-4-2-5-15(17(14)21-19(23)20-16)18-24-10-3-11-25-18/h6-9,16H,2-5,10-11H2,1H3,(H2,20,21,23)/t16-/m0/s1. The van der Waals surface area contributed by atoms with Crippen molar-refractivity contribution in [3.05, 3.63) is 50.9 Å². The summed E-state index contributed by atoms with van der Waals surface area (Å²) in [4.78, 5) is 0. The lowest BCUT2D eigenvalue weighted by atomic mass is 9.84. The fourth-order valence-corrected chi connectivity index (χ4v) is 6.54. The van der Waals surface area contributed by atoms with E-state index in [0.29, 0.717) is 0 Å². The van der Waals surface area contributed by atoms with E-state index in [1.807, 2.05) is 35.7 Å². The van der Waals surface area contributed by atoms with Gasteiger partial charge in [-0.15, -0.1) is 23.5 Å². The molecule has 132 valence electrons. The van der Waals surface area contributed by atoms with E-state index in [-0.39, 0.29) is 6.04 Å². The van der Waals surface area contributed by atoms with Crippen molar-refractivity contribution in [3.63, 3.8) is 0 Å². The maximum atomic E-state index is 5.54. The van der Waals surface area contributed by atoms with Gasteiger partial charge in [-0.1, -0.05) is 12.1 Å². The van der Waals surface area contributed by atoms with Gasteiger partial charge in [0.15, 0.2) is 5.11 Å². The van der Waals surface area contributed by atoms with Crippen LogP contribution in [0.4, 0.5) is 0 Å². The molecule has 0 bridgehead atoms. The van der Waals surface area contributed by atoms with Crippen LogP contribution in [0.2, 0.25) is 0 Å². The van der Waals surface area contributed by atoms with Gasteiger partial charge < -0.3 is 15.4 Å². The van der Waals surface area contributed by atoms with Crippen LogP contribution in [0.25, 0.3) is 0 Å². The van der Waals surface area contributed by atoms with E-state index in [0.717, 1.165) is 23.7 Å². The number of hydrogen-bond donors (Lipinski definition) is 2. The van der Waals surface area contributed by atoms with Gasteiger partial charge in [0.2, 0.25) is 0 Å². The third kappa shape index (κ3) is 3.57. The lowest BCUT2D eigenvalue weighted by Crippen LogP contribution is -2.45. The molecule has 2 N–H and O–H groups in total. The fraction of sp³-hybridized carbons (Fsp3) is 0.421. The molecule has 25 heavy (non-hydrogen) atoms. The van der Waals surface area contributed by atoms with Gasteiger partial charge in [-0.05, 0) is 78.2 Å². The summed E-state index contributed by atoms with van der Waals surface area (Å²) in [6.07, 6.45) is 4.78. The number of ether oxygens (including phenoxy) is 1. The first-order valence-electron chi connectivity index (χ1n) is 8.70. The van der Waals surface area contributed by atoms with Crippen LogP contribution in [0.5, 0.6) is 5.75 Å². The van der Waals surface area contributed by atoms with Crippen molar-refractivity contribution < 1.29 is 4.74 Å². The number of thiocarbonyl (C=S) groups is 1. The number of thioether (sulfide) groups is 2. The number of rotatable bonds is 2. The van der Waals surface area contributed by atoms with E-state index in [4.69, 9.17) is 17.0 Å². The van der Waals surface area contributed by atoms with E-state index >= 15 is 0 Å². The molecule has 0 saturated carbocycles. The Morgan fingerprint density at radius 2 is 1.84 bits per heavy atom. The Labute approximate surface area is 163 Å². The zero-order chi connectivity index (χ0) is 17.2. The molecule has 3 aliphatic rings. The summed E-state index contributed by atoms with van der Waals surface area (Å²) >= 11 is 9.57. The Kier molecular flexibility index (Phi) is 5.29. The maximum Gasteiger partial charge on any atom is 0.171 e. The highest BCUT2D eigenvalue weighted by atomic mass is 32.2. The van der Waals surface area contributed by atoms with E-state index in [2.05, 4.69) is 22.8 Å². The zero-order valence-electron chi connectivity index (χ0n) is 14.3. The molecule has 0 spiro atoms. The molecule has 1 aromatic carbocycles. The van der Waals surface area contributed by atoms with Crippen LogP contribution < -0.4 is 15.4 Å². The van der Waals surface area contributed by atoms with E-state index < -0.39 is 0 Å². The lowest BCUT2D eigenvalue weighted by Gasteiger charge is -2.37. The number of nitrogens with one attached hydrogen (secondary N) is 2. The van der Waals surface area contributed by atoms with Crippen LogP contribution in [0.1, 0.15) is 37.3 Å². The Bertz CT molecular complexity index is 732. The molecular weight excluding hydrogens is 368 g/mol. The highest BCUT2D eigenvalue weighted by Gasteiger charge is 2.32. The third-order valence-corrected chi connectivity index (χ3v) is 7.74. The highest BCUT2D eigenvalue weighted by molar-refractivity contribution is 8.22. The summed E-state index contributed by atoms with van der Waals surface area (Å²) < 4.78 is 6.80. The average Bonchev–Trinajstić information content (AvgIpc) is 2.67. The summed E-state index contributed by atoms with van der Waals surface area (Å²) in [5.74, 6) is 3.36. The maximum absolute atomic E-state index is 5.54. The monoisotopic (exact) mass is 390 g/mol. The molecule has 0 radical (unpaired) electrons. The van der Waals surface area contributed by atoms with Crippen LogP contribution in [0, 0.1) is 0 Å². The van der Waals surface area contributed by atoms with Gasteiger partial charge in [0.05, 0.1) is 13.2 Å². The van der Waals surface area contributed by atoms with E-state index in [1.54, 1.807) is 7.11 Å². The molecular formula is C19H22N2OS3. The topological polar surface area (TPSA) is 33.3 Å². The zero-order valence-corrected chi connectivity index (χ0v) is 16.7. The largest absolute Gasteiger partial charge is 0.497 e. The van der Waals surface area contributed by atoms with Crippen LogP contribution >= 0.6 is 35.7 Å². The second-order valence-electron chi connectivity index (χ2n) is 6.37. The normalized spacial score (nSPS) is 23.7. The number of hydrogen-bond acceptors (Lipinski definition) is 4. The molecule has 1 saturated heterocycles. The first-order chi connectivity index (χ1) is 12.3. The molecule has 3 nitrogen and oxygen atoms in total. The Balaban J connectivity index is 1.74. The Morgan fingerprint density at radius 3 is 2.56 bits per heavy atom. The summed E-state index contributed by atoms with van der Waals surface area (Å²) in [5, 5.41) is 7.68. The highest BCUT2D eigenvalue weighted by Crippen LogP contribution is 2.45. The van der Waals surface area contributed by atoms with Crippen molar-refractivity contribution in [2.45, 2.75) is 31.7 Å². The first-order valence-corrected chi connectivity index (χ1v) is 11.1. The van der Waals surface area contributed by atoms with Crippen LogP contribution in [-0.2, 0) is 0 Å². The second-order valence-corrected chi connectivity index (χ2v) is 9.25. The minimum atomic E-state index is 0.157. The van der Waals surface area contributed by atoms with Gasteiger partial charge in [0.25, 0.3) is 0 Å². The van der Waals surface area contributed by atoms with Gasteiger partial charge in [-0.2, -0.15) is 0 Å². The Hall–Kier alpha value is -1.11. The predicted octanol–water partition coefficient (Wildman–Crippen LogP) is 4.73. The Morgan fingerprint density at radius 1 is 1.08 bits per heavy atom. The first kappa shape index (κ1) is 17.3. The van der Waals surface area contributed by atoms with Crippen molar-refractivity contribution >= 4 is 40.9 Å². The van der Waals surface area contributed by atoms with Gasteiger partial charge in [0.1, 0.15) is 5.75 Å². The summed E-state index contributed by atoms with van der Waals surface area (Å²) in [6.45, 7) is 0. The molecule has 2 heterocycles. The molecule has 2 aliphatic heterocycles. The molecule has 1 aliphatic carbocycles. The summed E-state index contributed by atoms with van der Waals surface area (Å²) in [6, 6.07) is 8.49. The van der Waals surface area contributed by atoms with Gasteiger partial charge in [-0.25, -0.2) is 0 Å². The summed E-state index contributed by atoms with van der Waals surface area (Å²) in [7, 11) is 1.70. The molecule has 4 rings (SSSR count). The van der Waals surface area contributed by atoms with Crippen LogP contribution in [-0.4, -0.2) is 23.7 Å². The minimum absolute atomic E-state index is 0.157. The number of allylic oxidation sites excluding steroid dienone is 1. The van der Waals surface area contributed by atoms with Gasteiger partial charge in [-0.3, -0.25) is 0 Å². The second kappa shape index (κ2) is 7.64. The number of benzene rings is 1. The molecule has 6 heteroatoms. The predicted molar refractivity (Wildman–Crippen MR) is 112 cm³/mol.